The Morgan fingerprint density at radius 3 is 2.71 bits per heavy atom. The minimum absolute atomic E-state index is 0.135. The molecule has 2 N–H and O–H groups in total. The van der Waals surface area contributed by atoms with Gasteiger partial charge < -0.3 is 10.4 Å². The van der Waals surface area contributed by atoms with Crippen LogP contribution >= 0.6 is 0 Å². The fraction of sp³-hybridized carbons (Fsp3) is 0.611. The van der Waals surface area contributed by atoms with Crippen LogP contribution in [0.5, 0.6) is 0 Å². The monoisotopic (exact) mass is 287 g/mol. The minimum atomic E-state index is -0.618. The van der Waals surface area contributed by atoms with E-state index in [9.17, 15) is 9.90 Å². The highest BCUT2D eigenvalue weighted by atomic mass is 16.4. The summed E-state index contributed by atoms with van der Waals surface area (Å²) in [4.78, 5) is 11.6. The van der Waals surface area contributed by atoms with Crippen molar-refractivity contribution in [3.8, 4) is 0 Å². The first-order chi connectivity index (χ1) is 9.97. The largest absolute Gasteiger partial charge is 0.481 e. The Labute approximate surface area is 126 Å². The van der Waals surface area contributed by atoms with Gasteiger partial charge in [0.05, 0.1) is 5.92 Å². The zero-order chi connectivity index (χ0) is 15.1. The van der Waals surface area contributed by atoms with Crippen LogP contribution in [0.4, 0.5) is 0 Å². The highest BCUT2D eigenvalue weighted by Gasteiger charge is 2.51. The summed E-state index contributed by atoms with van der Waals surface area (Å²) in [6.45, 7) is 6.39. The summed E-state index contributed by atoms with van der Waals surface area (Å²) in [5.74, 6) is 0.114. The molecule has 2 bridgehead atoms. The molecular formula is C18H25NO2. The van der Waals surface area contributed by atoms with Crippen LogP contribution in [0.15, 0.2) is 18.2 Å². The smallest absolute Gasteiger partial charge is 0.308 e. The molecule has 2 aliphatic carbocycles. The van der Waals surface area contributed by atoms with Crippen molar-refractivity contribution in [2.24, 2.45) is 17.8 Å². The SMILES string of the molecule is Cc1ccc(C)c(C(C)NC2C3CCC(C3)C2C(=O)O)c1. The quantitative estimate of drug-likeness (QED) is 0.891. The Hall–Kier alpha value is -1.35. The molecular weight excluding hydrogens is 262 g/mol. The molecule has 5 unspecified atom stereocenters. The molecule has 3 heteroatoms. The second-order valence-corrected chi connectivity index (χ2v) is 6.97. The van der Waals surface area contributed by atoms with Crippen molar-refractivity contribution in [2.75, 3.05) is 0 Å². The van der Waals surface area contributed by atoms with E-state index in [1.807, 2.05) is 0 Å². The van der Waals surface area contributed by atoms with Crippen LogP contribution in [0.25, 0.3) is 0 Å². The summed E-state index contributed by atoms with van der Waals surface area (Å²) in [7, 11) is 0. The molecule has 2 saturated carbocycles. The molecule has 0 saturated heterocycles. The fourth-order valence-electron chi connectivity index (χ4n) is 4.49. The van der Waals surface area contributed by atoms with Gasteiger partial charge in [0, 0.05) is 12.1 Å². The number of rotatable bonds is 4. The standard InChI is InChI=1S/C18H25NO2/c1-10-4-5-11(2)15(8-10)12(3)19-17-14-7-6-13(9-14)16(17)18(20)21/h4-5,8,12-14,16-17,19H,6-7,9H2,1-3H3,(H,20,21). The third kappa shape index (κ3) is 2.59. The van der Waals surface area contributed by atoms with Crippen LogP contribution in [0.1, 0.15) is 48.9 Å². The molecule has 0 radical (unpaired) electrons. The number of aliphatic carboxylic acids is 1. The minimum Gasteiger partial charge on any atom is -0.481 e. The van der Waals surface area contributed by atoms with Gasteiger partial charge in [0.1, 0.15) is 0 Å². The number of nitrogens with one attached hydrogen (secondary N) is 1. The zero-order valence-corrected chi connectivity index (χ0v) is 13.1. The van der Waals surface area contributed by atoms with Gasteiger partial charge in [0.15, 0.2) is 0 Å². The summed E-state index contributed by atoms with van der Waals surface area (Å²) in [5.41, 5.74) is 3.82. The number of benzene rings is 1. The average Bonchev–Trinajstić information content (AvgIpc) is 3.02. The lowest BCUT2D eigenvalue weighted by molar-refractivity contribution is -0.144. The molecule has 1 aromatic carbocycles. The summed E-state index contributed by atoms with van der Waals surface area (Å²) in [5, 5.41) is 13.2. The Balaban J connectivity index is 1.79. The Kier molecular flexibility index (Phi) is 3.78. The van der Waals surface area contributed by atoms with E-state index in [4.69, 9.17) is 0 Å². The van der Waals surface area contributed by atoms with Gasteiger partial charge in [0.2, 0.25) is 0 Å². The van der Waals surface area contributed by atoms with Crippen molar-refractivity contribution >= 4 is 5.97 Å². The van der Waals surface area contributed by atoms with Crippen molar-refractivity contribution in [2.45, 2.75) is 52.1 Å². The lowest BCUT2D eigenvalue weighted by atomic mass is 9.83. The number of hydrogen-bond donors (Lipinski definition) is 2. The van der Waals surface area contributed by atoms with Crippen molar-refractivity contribution in [3.05, 3.63) is 34.9 Å². The van der Waals surface area contributed by atoms with E-state index in [0.717, 1.165) is 12.8 Å². The van der Waals surface area contributed by atoms with E-state index >= 15 is 0 Å². The van der Waals surface area contributed by atoms with Gasteiger partial charge in [-0.1, -0.05) is 23.8 Å². The number of carboxylic acids is 1. The average molecular weight is 287 g/mol. The lowest BCUT2D eigenvalue weighted by Gasteiger charge is -2.32. The van der Waals surface area contributed by atoms with Gasteiger partial charge >= 0.3 is 5.97 Å². The van der Waals surface area contributed by atoms with Crippen LogP contribution in [0, 0.1) is 31.6 Å². The molecule has 2 fully saturated rings. The summed E-state index contributed by atoms with van der Waals surface area (Å²) in [6, 6.07) is 6.84. The molecule has 0 aromatic heterocycles. The van der Waals surface area contributed by atoms with Crippen LogP contribution < -0.4 is 5.32 Å². The molecule has 0 spiro atoms. The van der Waals surface area contributed by atoms with E-state index in [2.05, 4.69) is 44.3 Å². The maximum atomic E-state index is 11.6. The first kappa shape index (κ1) is 14.6. The molecule has 5 atom stereocenters. The molecule has 0 heterocycles. The Bertz CT molecular complexity index is 554. The summed E-state index contributed by atoms with van der Waals surface area (Å²) in [6.07, 6.45) is 3.37. The number of aryl methyl sites for hydroxylation is 2. The van der Waals surface area contributed by atoms with Crippen LogP contribution in [0.2, 0.25) is 0 Å². The van der Waals surface area contributed by atoms with E-state index < -0.39 is 5.97 Å². The Morgan fingerprint density at radius 2 is 2.00 bits per heavy atom. The van der Waals surface area contributed by atoms with Gasteiger partial charge in [-0.15, -0.1) is 0 Å². The molecule has 2 aliphatic rings. The predicted molar refractivity (Wildman–Crippen MR) is 83.2 cm³/mol. The van der Waals surface area contributed by atoms with Crippen molar-refractivity contribution < 1.29 is 9.90 Å². The highest BCUT2D eigenvalue weighted by Crippen LogP contribution is 2.49. The molecule has 0 amide bonds. The van der Waals surface area contributed by atoms with E-state index in [-0.39, 0.29) is 18.0 Å². The molecule has 21 heavy (non-hydrogen) atoms. The third-order valence-electron chi connectivity index (χ3n) is 5.55. The fourth-order valence-corrected chi connectivity index (χ4v) is 4.49. The number of carbonyl (C=O) groups is 1. The maximum absolute atomic E-state index is 11.6. The van der Waals surface area contributed by atoms with Gasteiger partial charge in [-0.05, 0) is 63.0 Å². The second kappa shape index (κ2) is 5.45. The topological polar surface area (TPSA) is 49.3 Å². The predicted octanol–water partition coefficient (Wildman–Crippen LogP) is 3.45. The van der Waals surface area contributed by atoms with E-state index in [1.165, 1.54) is 23.1 Å². The molecule has 3 rings (SSSR count). The lowest BCUT2D eigenvalue weighted by Crippen LogP contribution is -2.45. The van der Waals surface area contributed by atoms with Crippen LogP contribution in [0.3, 0.4) is 0 Å². The number of carboxylic acid groups (broad SMARTS) is 1. The van der Waals surface area contributed by atoms with Crippen molar-refractivity contribution in [3.63, 3.8) is 0 Å². The maximum Gasteiger partial charge on any atom is 0.308 e. The summed E-state index contributed by atoms with van der Waals surface area (Å²) < 4.78 is 0. The summed E-state index contributed by atoms with van der Waals surface area (Å²) >= 11 is 0. The zero-order valence-electron chi connectivity index (χ0n) is 13.1. The molecule has 114 valence electrons. The molecule has 3 nitrogen and oxygen atoms in total. The number of fused-ring (bicyclic) bond motifs is 2. The Morgan fingerprint density at radius 1 is 1.29 bits per heavy atom. The van der Waals surface area contributed by atoms with E-state index in [0.29, 0.717) is 11.8 Å². The highest BCUT2D eigenvalue weighted by molar-refractivity contribution is 5.72. The van der Waals surface area contributed by atoms with Gasteiger partial charge in [-0.3, -0.25) is 4.79 Å². The first-order valence-electron chi connectivity index (χ1n) is 8.03. The second-order valence-electron chi connectivity index (χ2n) is 6.97. The van der Waals surface area contributed by atoms with Crippen molar-refractivity contribution in [1.29, 1.82) is 0 Å². The van der Waals surface area contributed by atoms with Gasteiger partial charge in [0.25, 0.3) is 0 Å². The van der Waals surface area contributed by atoms with Crippen molar-refractivity contribution in [1.82, 2.24) is 5.32 Å². The van der Waals surface area contributed by atoms with Crippen LogP contribution in [-0.2, 0) is 4.79 Å². The van der Waals surface area contributed by atoms with Gasteiger partial charge in [-0.2, -0.15) is 0 Å². The third-order valence-corrected chi connectivity index (χ3v) is 5.55. The number of hydrogen-bond acceptors (Lipinski definition) is 2. The van der Waals surface area contributed by atoms with E-state index in [1.54, 1.807) is 0 Å². The molecule has 1 aromatic rings. The van der Waals surface area contributed by atoms with Crippen LogP contribution in [-0.4, -0.2) is 17.1 Å². The first-order valence-corrected chi connectivity index (χ1v) is 8.03. The molecule has 0 aliphatic heterocycles. The van der Waals surface area contributed by atoms with Gasteiger partial charge in [-0.25, -0.2) is 0 Å². The normalized spacial score (nSPS) is 32.3.